The molecule has 2 unspecified atom stereocenters. The maximum absolute atomic E-state index is 4.34. The fraction of sp³-hybridized carbons (Fsp3) is 0.733. The third-order valence-corrected chi connectivity index (χ3v) is 4.44. The molecule has 0 amide bonds. The Balaban J connectivity index is 0.00000176. The molecule has 1 aromatic heterocycles. The van der Waals surface area contributed by atoms with Crippen LogP contribution in [0, 0.1) is 5.92 Å². The van der Waals surface area contributed by atoms with E-state index in [1.165, 1.54) is 19.4 Å². The van der Waals surface area contributed by atoms with Crippen LogP contribution in [-0.2, 0) is 6.54 Å². The van der Waals surface area contributed by atoms with Crippen LogP contribution in [0.1, 0.15) is 19.8 Å². The van der Waals surface area contributed by atoms with Crippen molar-refractivity contribution in [1.29, 1.82) is 0 Å². The first-order valence-corrected chi connectivity index (χ1v) is 7.95. The quantitative estimate of drug-likeness (QED) is 0.428. The van der Waals surface area contributed by atoms with Crippen LogP contribution in [0.15, 0.2) is 23.5 Å². The van der Waals surface area contributed by atoms with Gasteiger partial charge in [-0.05, 0) is 24.8 Å². The molecule has 2 fully saturated rings. The second-order valence-electron chi connectivity index (χ2n) is 6.18. The predicted molar refractivity (Wildman–Crippen MR) is 99.7 cm³/mol. The summed E-state index contributed by atoms with van der Waals surface area (Å²) in [5, 5.41) is 11.2. The van der Waals surface area contributed by atoms with Gasteiger partial charge < -0.3 is 10.6 Å². The Morgan fingerprint density at radius 2 is 2.18 bits per heavy atom. The standard InChI is InChI=1S/C15H26N6.HI/c1-12-10-20(13-4-5-13)11-14(12)19-15(16-2)17-7-9-21-8-3-6-18-21;/h3,6,8,12-14H,4-5,7,9-11H2,1-2H3,(H2,16,17,19);1H. The fourth-order valence-electron chi connectivity index (χ4n) is 3.02. The van der Waals surface area contributed by atoms with Crippen molar-refractivity contribution in [3.8, 4) is 0 Å². The third kappa shape index (κ3) is 4.58. The second kappa shape index (κ2) is 8.14. The van der Waals surface area contributed by atoms with Crippen molar-refractivity contribution >= 4 is 29.9 Å². The van der Waals surface area contributed by atoms with Crippen molar-refractivity contribution in [3.05, 3.63) is 18.5 Å². The molecule has 1 aliphatic carbocycles. The van der Waals surface area contributed by atoms with Crippen LogP contribution in [0.25, 0.3) is 0 Å². The van der Waals surface area contributed by atoms with Gasteiger partial charge in [0, 0.05) is 51.2 Å². The van der Waals surface area contributed by atoms with Gasteiger partial charge in [-0.1, -0.05) is 6.92 Å². The fourth-order valence-corrected chi connectivity index (χ4v) is 3.02. The molecule has 6 nitrogen and oxygen atoms in total. The van der Waals surface area contributed by atoms with Crippen LogP contribution in [0.3, 0.4) is 0 Å². The smallest absolute Gasteiger partial charge is 0.191 e. The number of halogens is 1. The van der Waals surface area contributed by atoms with Gasteiger partial charge in [0.25, 0.3) is 0 Å². The van der Waals surface area contributed by atoms with Crippen LogP contribution in [-0.4, -0.2) is 59.4 Å². The summed E-state index contributed by atoms with van der Waals surface area (Å²) >= 11 is 0. The SMILES string of the molecule is CN=C(NCCn1cccn1)NC1CN(C2CC2)CC1C.I. The van der Waals surface area contributed by atoms with Gasteiger partial charge in [0.05, 0.1) is 6.54 Å². The van der Waals surface area contributed by atoms with Gasteiger partial charge in [0.15, 0.2) is 5.96 Å². The molecular weight excluding hydrogens is 391 g/mol. The minimum Gasteiger partial charge on any atom is -0.355 e. The van der Waals surface area contributed by atoms with Crippen molar-refractivity contribution in [1.82, 2.24) is 25.3 Å². The molecule has 7 heteroatoms. The molecule has 2 atom stereocenters. The van der Waals surface area contributed by atoms with Crippen molar-refractivity contribution in [2.45, 2.75) is 38.4 Å². The Kier molecular flexibility index (Phi) is 6.49. The molecule has 1 aliphatic heterocycles. The van der Waals surface area contributed by atoms with Gasteiger partial charge in [0.1, 0.15) is 0 Å². The lowest BCUT2D eigenvalue weighted by Crippen LogP contribution is -2.47. The molecule has 0 spiro atoms. The highest BCUT2D eigenvalue weighted by atomic mass is 127. The molecule has 2 heterocycles. The van der Waals surface area contributed by atoms with E-state index in [4.69, 9.17) is 0 Å². The number of nitrogens with one attached hydrogen (secondary N) is 2. The highest BCUT2D eigenvalue weighted by Gasteiger charge is 2.38. The molecule has 124 valence electrons. The van der Waals surface area contributed by atoms with Crippen LogP contribution >= 0.6 is 24.0 Å². The van der Waals surface area contributed by atoms with Gasteiger partial charge in [0.2, 0.25) is 0 Å². The van der Waals surface area contributed by atoms with Crippen molar-refractivity contribution in [3.63, 3.8) is 0 Å². The average molecular weight is 418 g/mol. The Bertz CT molecular complexity index is 470. The van der Waals surface area contributed by atoms with Gasteiger partial charge in [-0.15, -0.1) is 24.0 Å². The summed E-state index contributed by atoms with van der Waals surface area (Å²) in [6.07, 6.45) is 6.55. The summed E-state index contributed by atoms with van der Waals surface area (Å²) < 4.78 is 1.92. The van der Waals surface area contributed by atoms with Crippen molar-refractivity contribution in [2.75, 3.05) is 26.7 Å². The van der Waals surface area contributed by atoms with E-state index in [0.29, 0.717) is 12.0 Å². The first-order chi connectivity index (χ1) is 10.3. The summed E-state index contributed by atoms with van der Waals surface area (Å²) in [5.74, 6) is 1.58. The van der Waals surface area contributed by atoms with Crippen LogP contribution in [0.4, 0.5) is 0 Å². The van der Waals surface area contributed by atoms with E-state index in [1.807, 2.05) is 24.0 Å². The summed E-state index contributed by atoms with van der Waals surface area (Å²) in [6, 6.07) is 3.30. The molecule has 3 rings (SSSR count). The number of guanidine groups is 1. The average Bonchev–Trinajstić information content (AvgIpc) is 3.09. The van der Waals surface area contributed by atoms with E-state index in [0.717, 1.165) is 31.6 Å². The van der Waals surface area contributed by atoms with Crippen LogP contribution < -0.4 is 10.6 Å². The van der Waals surface area contributed by atoms with Crippen molar-refractivity contribution < 1.29 is 0 Å². The summed E-state index contributed by atoms with van der Waals surface area (Å²) in [4.78, 5) is 6.96. The van der Waals surface area contributed by atoms with Gasteiger partial charge in [-0.3, -0.25) is 14.6 Å². The largest absolute Gasteiger partial charge is 0.355 e. The molecule has 0 aromatic carbocycles. The molecular formula is C15H27IN6. The molecule has 0 bridgehead atoms. The molecule has 0 radical (unpaired) electrons. The zero-order valence-electron chi connectivity index (χ0n) is 13.4. The minimum absolute atomic E-state index is 0. The molecule has 2 N–H and O–H groups in total. The lowest BCUT2D eigenvalue weighted by atomic mass is 10.1. The van der Waals surface area contributed by atoms with Gasteiger partial charge in [-0.2, -0.15) is 5.10 Å². The van der Waals surface area contributed by atoms with E-state index in [1.54, 1.807) is 6.20 Å². The molecule has 1 saturated heterocycles. The minimum atomic E-state index is 0. The highest BCUT2D eigenvalue weighted by molar-refractivity contribution is 14.0. The summed E-state index contributed by atoms with van der Waals surface area (Å²) in [5.41, 5.74) is 0. The number of hydrogen-bond donors (Lipinski definition) is 2. The monoisotopic (exact) mass is 418 g/mol. The lowest BCUT2D eigenvalue weighted by molar-refractivity contribution is 0.315. The summed E-state index contributed by atoms with van der Waals surface area (Å²) in [6.45, 7) is 6.37. The Labute approximate surface area is 149 Å². The zero-order chi connectivity index (χ0) is 14.7. The number of aromatic nitrogens is 2. The second-order valence-corrected chi connectivity index (χ2v) is 6.18. The van der Waals surface area contributed by atoms with Gasteiger partial charge >= 0.3 is 0 Å². The van der Waals surface area contributed by atoms with E-state index >= 15 is 0 Å². The topological polar surface area (TPSA) is 57.5 Å². The molecule has 22 heavy (non-hydrogen) atoms. The number of nitrogens with zero attached hydrogens (tertiary/aromatic N) is 4. The van der Waals surface area contributed by atoms with E-state index < -0.39 is 0 Å². The molecule has 1 saturated carbocycles. The third-order valence-electron chi connectivity index (χ3n) is 4.44. The number of aliphatic imine (C=N–C) groups is 1. The normalized spacial score (nSPS) is 25.8. The van der Waals surface area contributed by atoms with Crippen LogP contribution in [0.5, 0.6) is 0 Å². The van der Waals surface area contributed by atoms with E-state index in [2.05, 4.69) is 32.5 Å². The highest BCUT2D eigenvalue weighted by Crippen LogP contribution is 2.31. The van der Waals surface area contributed by atoms with Crippen LogP contribution in [0.2, 0.25) is 0 Å². The maximum Gasteiger partial charge on any atom is 0.191 e. The molecule has 2 aliphatic rings. The van der Waals surface area contributed by atoms with Gasteiger partial charge in [-0.25, -0.2) is 0 Å². The molecule has 1 aromatic rings. The maximum atomic E-state index is 4.34. The zero-order valence-corrected chi connectivity index (χ0v) is 15.7. The number of likely N-dealkylation sites (tertiary alicyclic amines) is 1. The van der Waals surface area contributed by atoms with Crippen molar-refractivity contribution in [2.24, 2.45) is 10.9 Å². The Hall–Kier alpha value is -0.830. The van der Waals surface area contributed by atoms with E-state index in [9.17, 15) is 0 Å². The Morgan fingerprint density at radius 3 is 2.82 bits per heavy atom. The first-order valence-electron chi connectivity index (χ1n) is 7.95. The van der Waals surface area contributed by atoms with E-state index in [-0.39, 0.29) is 24.0 Å². The Morgan fingerprint density at radius 1 is 1.36 bits per heavy atom. The lowest BCUT2D eigenvalue weighted by Gasteiger charge is -2.20. The number of hydrogen-bond acceptors (Lipinski definition) is 3. The summed E-state index contributed by atoms with van der Waals surface area (Å²) in [7, 11) is 1.83. The predicted octanol–water partition coefficient (Wildman–Crippen LogP) is 1.15. The first kappa shape index (κ1) is 17.5. The number of rotatable bonds is 5.